The number of nitrogens with zero attached hydrogens (tertiary/aromatic N) is 2. The molecular weight excluding hydrogens is 496 g/mol. The van der Waals surface area contributed by atoms with Crippen LogP contribution in [0.4, 0.5) is 5.69 Å². The number of carbonyl (C=O) groups is 2. The number of fused-ring (bicyclic) bond motifs is 1. The molecular formula is C31H32N2O6. The van der Waals surface area contributed by atoms with E-state index in [1.54, 1.807) is 19.1 Å². The Morgan fingerprint density at radius 1 is 0.846 bits per heavy atom. The molecule has 3 aliphatic rings. The van der Waals surface area contributed by atoms with Gasteiger partial charge in [-0.2, -0.15) is 0 Å². The fourth-order valence-corrected chi connectivity index (χ4v) is 6.02. The highest BCUT2D eigenvalue weighted by atomic mass is 16.7. The van der Waals surface area contributed by atoms with Crippen molar-refractivity contribution in [2.45, 2.75) is 30.6 Å². The van der Waals surface area contributed by atoms with Crippen LogP contribution in [0.1, 0.15) is 46.3 Å². The van der Waals surface area contributed by atoms with Gasteiger partial charge in [-0.05, 0) is 53.6 Å². The zero-order valence-electron chi connectivity index (χ0n) is 22.2. The van der Waals surface area contributed by atoms with Gasteiger partial charge in [0.1, 0.15) is 11.5 Å². The Morgan fingerprint density at radius 2 is 1.44 bits per heavy atom. The summed E-state index contributed by atoms with van der Waals surface area (Å²) in [5, 5.41) is 0. The summed E-state index contributed by atoms with van der Waals surface area (Å²) in [6.45, 7) is 2.23. The molecule has 2 atom stereocenters. The Labute approximate surface area is 228 Å². The largest absolute Gasteiger partial charge is 0.497 e. The first-order valence-corrected chi connectivity index (χ1v) is 13.3. The van der Waals surface area contributed by atoms with Gasteiger partial charge in [0.25, 0.3) is 5.91 Å². The number of piperidine rings is 1. The third-order valence-corrected chi connectivity index (χ3v) is 8.06. The molecule has 3 aromatic rings. The first-order valence-electron chi connectivity index (χ1n) is 13.3. The zero-order valence-corrected chi connectivity index (χ0v) is 22.2. The van der Waals surface area contributed by atoms with Crippen LogP contribution in [0, 0.1) is 0 Å². The van der Waals surface area contributed by atoms with Crippen LogP contribution in [0.3, 0.4) is 0 Å². The van der Waals surface area contributed by atoms with Crippen LogP contribution in [-0.2, 0) is 14.3 Å². The summed E-state index contributed by atoms with van der Waals surface area (Å²) in [6.07, 6.45) is 1.25. The van der Waals surface area contributed by atoms with Crippen LogP contribution >= 0.6 is 0 Å². The topological polar surface area (TPSA) is 77.5 Å². The molecule has 2 amide bonds. The minimum atomic E-state index is -0.603. The molecule has 0 N–H and O–H groups in total. The van der Waals surface area contributed by atoms with Gasteiger partial charge in [-0.25, -0.2) is 0 Å². The third-order valence-electron chi connectivity index (χ3n) is 8.06. The van der Waals surface area contributed by atoms with Crippen LogP contribution < -0.4 is 14.4 Å². The number of carbonyl (C=O) groups excluding carboxylic acids is 2. The zero-order chi connectivity index (χ0) is 27.0. The normalized spacial score (nSPS) is 22.1. The fourth-order valence-electron chi connectivity index (χ4n) is 6.02. The molecule has 0 unspecified atom stereocenters. The lowest BCUT2D eigenvalue weighted by atomic mass is 9.78. The van der Waals surface area contributed by atoms with E-state index in [1.807, 2.05) is 77.7 Å². The van der Waals surface area contributed by atoms with Crippen molar-refractivity contribution in [3.8, 4) is 11.5 Å². The molecule has 0 saturated carbocycles. The van der Waals surface area contributed by atoms with Gasteiger partial charge in [0.15, 0.2) is 5.79 Å². The molecule has 3 aliphatic heterocycles. The van der Waals surface area contributed by atoms with Crippen molar-refractivity contribution in [3.05, 3.63) is 89.5 Å². The van der Waals surface area contributed by atoms with Crippen LogP contribution in [0.2, 0.25) is 0 Å². The van der Waals surface area contributed by atoms with E-state index >= 15 is 0 Å². The smallest absolute Gasteiger partial charge is 0.259 e. The molecule has 3 aromatic carbocycles. The van der Waals surface area contributed by atoms with Crippen LogP contribution in [-0.4, -0.2) is 63.0 Å². The highest BCUT2D eigenvalue weighted by Crippen LogP contribution is 2.47. The van der Waals surface area contributed by atoms with E-state index in [9.17, 15) is 9.59 Å². The second-order valence-corrected chi connectivity index (χ2v) is 10.1. The SMILES string of the molecule is COc1ccc([C@@H]2[C@H](C(=O)N3CCC4(CC3)OCCO4)c3ccccc3C(=O)N2c2ccc(OC)cc2)cc1. The van der Waals surface area contributed by atoms with Gasteiger partial charge in [0, 0.05) is 37.2 Å². The summed E-state index contributed by atoms with van der Waals surface area (Å²) < 4.78 is 22.5. The summed E-state index contributed by atoms with van der Waals surface area (Å²) in [5.74, 6) is 0.0534. The molecule has 39 heavy (non-hydrogen) atoms. The van der Waals surface area contributed by atoms with Crippen molar-refractivity contribution in [1.82, 2.24) is 4.90 Å². The number of rotatable bonds is 5. The number of ether oxygens (including phenoxy) is 4. The van der Waals surface area contributed by atoms with Crippen LogP contribution in [0.5, 0.6) is 11.5 Å². The number of benzene rings is 3. The second kappa shape index (κ2) is 10.4. The van der Waals surface area contributed by atoms with Crippen molar-refractivity contribution < 1.29 is 28.5 Å². The summed E-state index contributed by atoms with van der Waals surface area (Å²) in [5.41, 5.74) is 2.82. The highest BCUT2D eigenvalue weighted by Gasteiger charge is 2.48. The number of amides is 2. The van der Waals surface area contributed by atoms with Crippen LogP contribution in [0.15, 0.2) is 72.8 Å². The predicted octanol–water partition coefficient (Wildman–Crippen LogP) is 4.55. The Morgan fingerprint density at radius 3 is 2.05 bits per heavy atom. The third kappa shape index (κ3) is 4.53. The second-order valence-electron chi connectivity index (χ2n) is 10.1. The number of likely N-dealkylation sites (tertiary alicyclic amines) is 1. The van der Waals surface area contributed by atoms with Crippen molar-refractivity contribution >= 4 is 17.5 Å². The highest BCUT2D eigenvalue weighted by molar-refractivity contribution is 6.11. The Balaban J connectivity index is 1.45. The number of anilines is 1. The maximum Gasteiger partial charge on any atom is 0.259 e. The lowest BCUT2D eigenvalue weighted by Gasteiger charge is -2.45. The van der Waals surface area contributed by atoms with E-state index in [1.165, 1.54) is 0 Å². The summed E-state index contributed by atoms with van der Waals surface area (Å²) >= 11 is 0. The number of hydrogen-bond donors (Lipinski definition) is 0. The van der Waals surface area contributed by atoms with E-state index in [0.717, 1.165) is 11.1 Å². The predicted molar refractivity (Wildman–Crippen MR) is 145 cm³/mol. The summed E-state index contributed by atoms with van der Waals surface area (Å²) in [6, 6.07) is 21.9. The minimum Gasteiger partial charge on any atom is -0.497 e. The van der Waals surface area contributed by atoms with Gasteiger partial charge >= 0.3 is 0 Å². The first-order chi connectivity index (χ1) is 19.0. The minimum absolute atomic E-state index is 0.0119. The molecule has 0 bridgehead atoms. The molecule has 2 saturated heterocycles. The molecule has 0 aliphatic carbocycles. The monoisotopic (exact) mass is 528 g/mol. The van der Waals surface area contributed by atoms with E-state index in [4.69, 9.17) is 18.9 Å². The van der Waals surface area contributed by atoms with E-state index in [-0.39, 0.29) is 11.8 Å². The average molecular weight is 529 g/mol. The maximum atomic E-state index is 14.5. The maximum absolute atomic E-state index is 14.5. The Hall–Kier alpha value is -3.88. The van der Waals surface area contributed by atoms with E-state index < -0.39 is 17.7 Å². The first kappa shape index (κ1) is 25.4. The van der Waals surface area contributed by atoms with E-state index in [2.05, 4.69) is 0 Å². The van der Waals surface area contributed by atoms with Crippen molar-refractivity contribution in [1.29, 1.82) is 0 Å². The van der Waals surface area contributed by atoms with Gasteiger partial charge in [-0.15, -0.1) is 0 Å². The van der Waals surface area contributed by atoms with Crippen molar-refractivity contribution in [2.24, 2.45) is 0 Å². The van der Waals surface area contributed by atoms with Gasteiger partial charge in [-0.3, -0.25) is 14.5 Å². The molecule has 0 aromatic heterocycles. The molecule has 202 valence electrons. The molecule has 8 heteroatoms. The lowest BCUT2D eigenvalue weighted by molar-refractivity contribution is -0.187. The van der Waals surface area contributed by atoms with E-state index in [0.29, 0.717) is 61.9 Å². The van der Waals surface area contributed by atoms with Gasteiger partial charge < -0.3 is 23.8 Å². The van der Waals surface area contributed by atoms with Gasteiger partial charge in [0.05, 0.1) is 39.4 Å². The number of hydrogen-bond acceptors (Lipinski definition) is 6. The van der Waals surface area contributed by atoms with Gasteiger partial charge in [0.2, 0.25) is 5.91 Å². The van der Waals surface area contributed by atoms with Crippen LogP contribution in [0.25, 0.3) is 0 Å². The molecule has 8 nitrogen and oxygen atoms in total. The molecule has 0 radical (unpaired) electrons. The molecule has 1 spiro atoms. The van der Waals surface area contributed by atoms with Crippen molar-refractivity contribution in [2.75, 3.05) is 45.4 Å². The summed E-state index contributed by atoms with van der Waals surface area (Å²) in [4.78, 5) is 32.2. The average Bonchev–Trinajstić information content (AvgIpc) is 3.45. The van der Waals surface area contributed by atoms with Gasteiger partial charge in [-0.1, -0.05) is 30.3 Å². The Bertz CT molecular complexity index is 1340. The van der Waals surface area contributed by atoms with Crippen molar-refractivity contribution in [3.63, 3.8) is 0 Å². The lowest BCUT2D eigenvalue weighted by Crippen LogP contribution is -2.52. The summed E-state index contributed by atoms with van der Waals surface area (Å²) in [7, 11) is 3.23. The fraction of sp³-hybridized carbons (Fsp3) is 0.355. The molecule has 6 rings (SSSR count). The molecule has 2 fully saturated rings. The number of methoxy groups -OCH3 is 2. The quantitative estimate of drug-likeness (QED) is 0.484. The Kier molecular flexibility index (Phi) is 6.74. The standard InChI is InChI=1S/C31H32N2O6/c1-36-23-11-7-21(8-12-23)28-27(30(35)32-17-15-31(16-18-32)38-19-20-39-31)25-5-3-4-6-26(25)29(34)33(28)22-9-13-24(37-2)14-10-22/h3-14,27-28H,15-20H2,1-2H3/t27-,28-/m1/s1. The molecule has 3 heterocycles.